The number of amides is 2. The van der Waals surface area contributed by atoms with E-state index in [2.05, 4.69) is 5.32 Å². The molecular formula is C19H19FN2O3. The standard InChI is InChI=1S/C19H19FN2O3/c1-25-17-8-2-13(3-9-17)11-21-19(24)14-10-18(23)22(12-14)16-6-4-15(20)5-7-16/h2-9,14H,10-12H2,1H3,(H,21,24). The van der Waals surface area contributed by atoms with Gasteiger partial charge in [-0.2, -0.15) is 0 Å². The Morgan fingerprint density at radius 2 is 1.88 bits per heavy atom. The topological polar surface area (TPSA) is 58.6 Å². The van der Waals surface area contributed by atoms with E-state index in [-0.39, 0.29) is 24.1 Å². The van der Waals surface area contributed by atoms with Crippen LogP contribution < -0.4 is 15.0 Å². The van der Waals surface area contributed by atoms with E-state index in [1.165, 1.54) is 17.0 Å². The molecule has 1 atom stereocenters. The summed E-state index contributed by atoms with van der Waals surface area (Å²) in [7, 11) is 1.60. The highest BCUT2D eigenvalue weighted by Gasteiger charge is 2.34. The van der Waals surface area contributed by atoms with E-state index in [4.69, 9.17) is 4.74 Å². The molecule has 1 fully saturated rings. The molecule has 25 heavy (non-hydrogen) atoms. The maximum Gasteiger partial charge on any atom is 0.227 e. The number of nitrogens with zero attached hydrogens (tertiary/aromatic N) is 1. The van der Waals surface area contributed by atoms with Gasteiger partial charge in [0.25, 0.3) is 0 Å². The van der Waals surface area contributed by atoms with Crippen LogP contribution in [0.2, 0.25) is 0 Å². The van der Waals surface area contributed by atoms with E-state index < -0.39 is 5.92 Å². The quantitative estimate of drug-likeness (QED) is 0.908. The maximum absolute atomic E-state index is 13.0. The fourth-order valence-electron chi connectivity index (χ4n) is 2.83. The first kappa shape index (κ1) is 17.0. The zero-order valence-electron chi connectivity index (χ0n) is 13.9. The molecule has 1 heterocycles. The number of halogens is 1. The third kappa shape index (κ3) is 3.96. The van der Waals surface area contributed by atoms with Gasteiger partial charge in [-0.3, -0.25) is 9.59 Å². The Labute approximate surface area is 145 Å². The molecule has 2 amide bonds. The highest BCUT2D eigenvalue weighted by molar-refractivity contribution is 6.00. The third-order valence-electron chi connectivity index (χ3n) is 4.26. The van der Waals surface area contributed by atoms with Gasteiger partial charge in [0.05, 0.1) is 13.0 Å². The van der Waals surface area contributed by atoms with Crippen molar-refractivity contribution < 1.29 is 18.7 Å². The van der Waals surface area contributed by atoms with Crippen molar-refractivity contribution in [2.75, 3.05) is 18.6 Å². The van der Waals surface area contributed by atoms with Crippen LogP contribution in [0.1, 0.15) is 12.0 Å². The number of carbonyl (C=O) groups is 2. The minimum atomic E-state index is -0.407. The second-order valence-electron chi connectivity index (χ2n) is 5.95. The summed E-state index contributed by atoms with van der Waals surface area (Å²) < 4.78 is 18.1. The van der Waals surface area contributed by atoms with Gasteiger partial charge in [0.15, 0.2) is 0 Å². The van der Waals surface area contributed by atoms with Crippen LogP contribution in [0.3, 0.4) is 0 Å². The van der Waals surface area contributed by atoms with E-state index >= 15 is 0 Å². The average Bonchev–Trinajstić information content (AvgIpc) is 3.02. The van der Waals surface area contributed by atoms with E-state index in [1.807, 2.05) is 24.3 Å². The molecule has 1 aliphatic heterocycles. The van der Waals surface area contributed by atoms with Crippen molar-refractivity contribution in [1.82, 2.24) is 5.32 Å². The van der Waals surface area contributed by atoms with E-state index in [9.17, 15) is 14.0 Å². The minimum Gasteiger partial charge on any atom is -0.497 e. The molecule has 1 unspecified atom stereocenters. The molecule has 1 saturated heterocycles. The lowest BCUT2D eigenvalue weighted by Gasteiger charge is -2.16. The number of carbonyl (C=O) groups excluding carboxylic acids is 2. The Morgan fingerprint density at radius 1 is 1.20 bits per heavy atom. The van der Waals surface area contributed by atoms with Crippen molar-refractivity contribution in [3.8, 4) is 5.75 Å². The predicted molar refractivity (Wildman–Crippen MR) is 91.7 cm³/mol. The maximum atomic E-state index is 13.0. The average molecular weight is 342 g/mol. The van der Waals surface area contributed by atoms with Crippen LogP contribution in [-0.4, -0.2) is 25.5 Å². The SMILES string of the molecule is COc1ccc(CNC(=O)C2CC(=O)N(c3ccc(F)cc3)C2)cc1. The van der Waals surface area contributed by atoms with Crippen molar-refractivity contribution in [3.63, 3.8) is 0 Å². The Hall–Kier alpha value is -2.89. The van der Waals surface area contributed by atoms with Crippen LogP contribution in [0, 0.1) is 11.7 Å². The second-order valence-corrected chi connectivity index (χ2v) is 5.95. The first-order valence-corrected chi connectivity index (χ1v) is 8.03. The molecule has 1 N–H and O–H groups in total. The van der Waals surface area contributed by atoms with E-state index in [1.54, 1.807) is 19.2 Å². The van der Waals surface area contributed by atoms with Crippen LogP contribution in [0.5, 0.6) is 5.75 Å². The summed E-state index contributed by atoms with van der Waals surface area (Å²) in [6.45, 7) is 0.697. The molecular weight excluding hydrogens is 323 g/mol. The summed E-state index contributed by atoms with van der Waals surface area (Å²) >= 11 is 0. The number of ether oxygens (including phenoxy) is 1. The lowest BCUT2D eigenvalue weighted by molar-refractivity contribution is -0.126. The van der Waals surface area contributed by atoms with Gasteiger partial charge in [-0.25, -0.2) is 4.39 Å². The first-order chi connectivity index (χ1) is 12.1. The fourth-order valence-corrected chi connectivity index (χ4v) is 2.83. The highest BCUT2D eigenvalue weighted by Crippen LogP contribution is 2.25. The third-order valence-corrected chi connectivity index (χ3v) is 4.26. The number of nitrogens with one attached hydrogen (secondary N) is 1. The lowest BCUT2D eigenvalue weighted by atomic mass is 10.1. The van der Waals surface area contributed by atoms with Gasteiger partial charge in [0.1, 0.15) is 11.6 Å². The molecule has 6 heteroatoms. The Balaban J connectivity index is 1.57. The fraction of sp³-hybridized carbons (Fsp3) is 0.263. The van der Waals surface area contributed by atoms with Gasteiger partial charge < -0.3 is 15.0 Å². The van der Waals surface area contributed by atoms with Crippen LogP contribution >= 0.6 is 0 Å². The highest BCUT2D eigenvalue weighted by atomic mass is 19.1. The van der Waals surface area contributed by atoms with Crippen LogP contribution in [0.15, 0.2) is 48.5 Å². The summed E-state index contributed by atoms with van der Waals surface area (Å²) in [5.41, 5.74) is 1.56. The number of anilines is 1. The number of benzene rings is 2. The molecule has 2 aromatic carbocycles. The molecule has 1 aliphatic rings. The molecule has 0 radical (unpaired) electrons. The zero-order valence-corrected chi connectivity index (χ0v) is 13.9. The first-order valence-electron chi connectivity index (χ1n) is 8.03. The number of hydrogen-bond acceptors (Lipinski definition) is 3. The van der Waals surface area contributed by atoms with Crippen molar-refractivity contribution in [2.45, 2.75) is 13.0 Å². The summed E-state index contributed by atoms with van der Waals surface area (Å²) in [4.78, 5) is 26.0. The van der Waals surface area contributed by atoms with Crippen LogP contribution in [0.25, 0.3) is 0 Å². The monoisotopic (exact) mass is 342 g/mol. The van der Waals surface area contributed by atoms with Gasteiger partial charge >= 0.3 is 0 Å². The normalized spacial score (nSPS) is 16.8. The van der Waals surface area contributed by atoms with Gasteiger partial charge in [0.2, 0.25) is 11.8 Å². The van der Waals surface area contributed by atoms with Crippen LogP contribution in [0.4, 0.5) is 10.1 Å². The summed E-state index contributed by atoms with van der Waals surface area (Å²) in [5, 5.41) is 2.86. The van der Waals surface area contributed by atoms with Crippen molar-refractivity contribution in [3.05, 3.63) is 59.9 Å². The Kier molecular flexibility index (Phi) is 4.97. The Bertz CT molecular complexity index is 759. The number of rotatable bonds is 5. The molecule has 0 aliphatic carbocycles. The van der Waals surface area contributed by atoms with E-state index in [0.29, 0.717) is 18.8 Å². The summed E-state index contributed by atoms with van der Waals surface area (Å²) in [5.74, 6) is -0.295. The van der Waals surface area contributed by atoms with Crippen molar-refractivity contribution in [2.24, 2.45) is 5.92 Å². The lowest BCUT2D eigenvalue weighted by Crippen LogP contribution is -2.32. The minimum absolute atomic E-state index is 0.129. The molecule has 2 aromatic rings. The molecule has 0 bridgehead atoms. The van der Waals surface area contributed by atoms with Gasteiger partial charge in [-0.15, -0.1) is 0 Å². The summed E-state index contributed by atoms with van der Waals surface area (Å²) in [6, 6.07) is 13.1. The van der Waals surface area contributed by atoms with E-state index in [0.717, 1.165) is 11.3 Å². The molecule has 0 spiro atoms. The molecule has 0 aromatic heterocycles. The number of methoxy groups -OCH3 is 1. The van der Waals surface area contributed by atoms with Crippen molar-refractivity contribution in [1.29, 1.82) is 0 Å². The molecule has 3 rings (SSSR count). The number of hydrogen-bond donors (Lipinski definition) is 1. The molecule has 0 saturated carbocycles. The van der Waals surface area contributed by atoms with Gasteiger partial charge in [-0.05, 0) is 42.0 Å². The molecule has 5 nitrogen and oxygen atoms in total. The second kappa shape index (κ2) is 7.34. The Morgan fingerprint density at radius 3 is 2.52 bits per heavy atom. The van der Waals surface area contributed by atoms with Crippen molar-refractivity contribution >= 4 is 17.5 Å². The summed E-state index contributed by atoms with van der Waals surface area (Å²) in [6.07, 6.45) is 0.159. The molecule has 130 valence electrons. The zero-order chi connectivity index (χ0) is 17.8. The largest absolute Gasteiger partial charge is 0.497 e. The predicted octanol–water partition coefficient (Wildman–Crippen LogP) is 2.50. The van der Waals surface area contributed by atoms with Gasteiger partial charge in [0, 0.05) is 25.2 Å². The van der Waals surface area contributed by atoms with Crippen LogP contribution in [-0.2, 0) is 16.1 Å². The van der Waals surface area contributed by atoms with Gasteiger partial charge in [-0.1, -0.05) is 12.1 Å². The smallest absolute Gasteiger partial charge is 0.227 e.